The lowest BCUT2D eigenvalue weighted by Crippen LogP contribution is -2.41. The fraction of sp³-hybridized carbons (Fsp3) is 0.786. The van der Waals surface area contributed by atoms with Gasteiger partial charge in [0.1, 0.15) is 12.1 Å². The van der Waals surface area contributed by atoms with E-state index in [1.165, 1.54) is 34.6 Å². The van der Waals surface area contributed by atoms with Gasteiger partial charge in [-0.15, -0.1) is 0 Å². The third-order valence-electron chi connectivity index (χ3n) is 1.77. The van der Waals surface area contributed by atoms with E-state index in [-0.39, 0.29) is 18.1 Å². The van der Waals surface area contributed by atoms with E-state index in [4.69, 9.17) is 10.2 Å². The number of carbonyl (C=O) groups excluding carboxylic acids is 3. The second kappa shape index (κ2) is 9.20. The molecule has 0 fully saturated rings. The molecule has 0 aliphatic rings. The molecule has 0 aromatic carbocycles. The summed E-state index contributed by atoms with van der Waals surface area (Å²) in [6.45, 7) is 3.13. The molecule has 0 bridgehead atoms. The minimum Gasteiger partial charge on any atom is -0.466 e. The molecule has 0 spiro atoms. The van der Waals surface area contributed by atoms with Crippen LogP contribution in [0.2, 0.25) is 0 Å². The summed E-state index contributed by atoms with van der Waals surface area (Å²) in [6, 6.07) is 0. The number of hydrogen-bond acceptors (Lipinski definition) is 6. The molecule has 0 atom stereocenters. The first-order valence-corrected chi connectivity index (χ1v) is 6.54. The first kappa shape index (κ1) is 12.9. The molecule has 7 heteroatoms. The van der Waals surface area contributed by atoms with E-state index in [9.17, 15) is 14.4 Å². The summed E-state index contributed by atoms with van der Waals surface area (Å²) in [4.78, 5) is 36.0. The summed E-state index contributed by atoms with van der Waals surface area (Å²) in [6.07, 6.45) is -4.55. The SMILES string of the molecule is [2H]C([2H])(C(=O)OCC)C([2H])([2H])N(CC(=O)OCC)C(=O)OC(C)(C)C. The fourth-order valence-corrected chi connectivity index (χ4v) is 1.08. The van der Waals surface area contributed by atoms with E-state index in [0.29, 0.717) is 0 Å². The van der Waals surface area contributed by atoms with Crippen molar-refractivity contribution < 1.29 is 34.1 Å². The van der Waals surface area contributed by atoms with Crippen LogP contribution in [0.3, 0.4) is 0 Å². The van der Waals surface area contributed by atoms with Gasteiger partial charge in [-0.25, -0.2) is 4.79 Å². The maximum atomic E-state index is 12.3. The van der Waals surface area contributed by atoms with Gasteiger partial charge >= 0.3 is 18.0 Å². The highest BCUT2D eigenvalue weighted by Gasteiger charge is 2.25. The molecule has 0 N–H and O–H groups in total. The summed E-state index contributed by atoms with van der Waals surface area (Å²) < 4.78 is 45.7. The second-order valence-corrected chi connectivity index (χ2v) is 4.83. The molecule has 0 aromatic heterocycles. The topological polar surface area (TPSA) is 82.1 Å². The zero-order valence-electron chi connectivity index (χ0n) is 17.0. The van der Waals surface area contributed by atoms with E-state index in [2.05, 4.69) is 9.47 Å². The highest BCUT2D eigenvalue weighted by atomic mass is 16.6. The molecule has 0 radical (unpaired) electrons. The Kier molecular flexibility index (Phi) is 5.66. The number of amides is 1. The highest BCUT2D eigenvalue weighted by molar-refractivity contribution is 5.79. The van der Waals surface area contributed by atoms with Crippen LogP contribution < -0.4 is 0 Å². The van der Waals surface area contributed by atoms with Crippen molar-refractivity contribution in [3.8, 4) is 0 Å². The van der Waals surface area contributed by atoms with Gasteiger partial charge in [-0.1, -0.05) is 0 Å². The van der Waals surface area contributed by atoms with Gasteiger partial charge in [-0.2, -0.15) is 0 Å². The van der Waals surface area contributed by atoms with Gasteiger partial charge in [0.25, 0.3) is 0 Å². The Balaban J connectivity index is 5.79. The minimum atomic E-state index is -3.24. The molecule has 0 unspecified atom stereocenters. The molecule has 0 saturated carbocycles. The number of carbonyl (C=O) groups is 3. The summed E-state index contributed by atoms with van der Waals surface area (Å²) in [5, 5.41) is 0. The van der Waals surface area contributed by atoms with E-state index in [1.807, 2.05) is 0 Å². The van der Waals surface area contributed by atoms with Crippen LogP contribution in [-0.2, 0) is 23.8 Å². The first-order chi connectivity index (χ1) is 11.2. The van der Waals surface area contributed by atoms with E-state index >= 15 is 0 Å². The van der Waals surface area contributed by atoms with Gasteiger partial charge in [0.15, 0.2) is 0 Å². The third-order valence-corrected chi connectivity index (χ3v) is 1.77. The summed E-state index contributed by atoms with van der Waals surface area (Å²) in [7, 11) is 0. The molecule has 0 heterocycles. The molecule has 0 rings (SSSR count). The average molecular weight is 307 g/mol. The third kappa shape index (κ3) is 9.70. The van der Waals surface area contributed by atoms with Crippen LogP contribution in [-0.4, -0.2) is 54.8 Å². The van der Waals surface area contributed by atoms with Gasteiger partial charge in [-0.3, -0.25) is 14.5 Å². The van der Waals surface area contributed by atoms with Crippen LogP contribution in [0.5, 0.6) is 0 Å². The largest absolute Gasteiger partial charge is 0.466 e. The Morgan fingerprint density at radius 3 is 2.05 bits per heavy atom. The lowest BCUT2D eigenvalue weighted by molar-refractivity contribution is -0.146. The van der Waals surface area contributed by atoms with Crippen LogP contribution in [0.1, 0.15) is 46.5 Å². The zero-order valence-corrected chi connectivity index (χ0v) is 13.0. The zero-order chi connectivity index (χ0) is 20.1. The standard InChI is InChI=1S/C14H25NO6/c1-6-19-11(16)8-9-15(10-12(17)20-7-2)13(18)21-14(3,4)5/h6-10H2,1-5H3/i8D2,9D2. The van der Waals surface area contributed by atoms with Crippen LogP contribution in [0, 0.1) is 0 Å². The Labute approximate surface area is 131 Å². The quantitative estimate of drug-likeness (QED) is 0.526. The molecule has 0 aliphatic heterocycles. The molecular formula is C14H25NO6. The Morgan fingerprint density at radius 2 is 1.57 bits per heavy atom. The fourth-order valence-electron chi connectivity index (χ4n) is 1.08. The Morgan fingerprint density at radius 1 is 1.05 bits per heavy atom. The molecule has 1 amide bonds. The van der Waals surface area contributed by atoms with Crippen molar-refractivity contribution in [1.29, 1.82) is 0 Å². The number of hydrogen-bond donors (Lipinski definition) is 0. The number of nitrogens with zero attached hydrogens (tertiary/aromatic N) is 1. The molecule has 122 valence electrons. The minimum absolute atomic E-state index is 0.0191. The predicted octanol–water partition coefficient (Wildman–Crippen LogP) is 1.74. The van der Waals surface area contributed by atoms with Crippen LogP contribution in [0.15, 0.2) is 0 Å². The molecule has 7 nitrogen and oxygen atoms in total. The molecule has 0 aromatic rings. The summed E-state index contributed by atoms with van der Waals surface area (Å²) >= 11 is 0. The smallest absolute Gasteiger partial charge is 0.410 e. The number of ether oxygens (including phenoxy) is 3. The van der Waals surface area contributed by atoms with Crippen molar-refractivity contribution in [3.63, 3.8) is 0 Å². The lowest BCUT2D eigenvalue weighted by atomic mass is 10.2. The van der Waals surface area contributed by atoms with Crippen LogP contribution in [0.4, 0.5) is 4.79 Å². The highest BCUT2D eigenvalue weighted by Crippen LogP contribution is 2.10. The Bertz CT molecular complexity index is 504. The van der Waals surface area contributed by atoms with Gasteiger partial charge in [0.05, 0.1) is 22.3 Å². The van der Waals surface area contributed by atoms with Crippen molar-refractivity contribution in [2.75, 3.05) is 26.3 Å². The van der Waals surface area contributed by atoms with Gasteiger partial charge < -0.3 is 14.2 Å². The monoisotopic (exact) mass is 307 g/mol. The Hall–Kier alpha value is -1.79. The van der Waals surface area contributed by atoms with Gasteiger partial charge in [0, 0.05) is 9.24 Å². The lowest BCUT2D eigenvalue weighted by Gasteiger charge is -2.26. The normalized spacial score (nSPS) is 14.9. The molecular weight excluding hydrogens is 278 g/mol. The predicted molar refractivity (Wildman–Crippen MR) is 75.7 cm³/mol. The molecule has 0 aliphatic carbocycles. The summed E-state index contributed by atoms with van der Waals surface area (Å²) in [5.74, 6) is -2.48. The van der Waals surface area contributed by atoms with Crippen molar-refractivity contribution in [2.24, 2.45) is 0 Å². The summed E-state index contributed by atoms with van der Waals surface area (Å²) in [5.41, 5.74) is -1.03. The van der Waals surface area contributed by atoms with E-state index in [0.717, 1.165) is 0 Å². The van der Waals surface area contributed by atoms with E-state index < -0.39 is 43.0 Å². The van der Waals surface area contributed by atoms with E-state index in [1.54, 1.807) is 0 Å². The van der Waals surface area contributed by atoms with Crippen molar-refractivity contribution in [1.82, 2.24) is 4.90 Å². The number of esters is 2. The first-order valence-electron chi connectivity index (χ1n) is 8.54. The van der Waals surface area contributed by atoms with Crippen LogP contribution in [0.25, 0.3) is 0 Å². The molecule has 0 saturated heterocycles. The van der Waals surface area contributed by atoms with Crippen LogP contribution >= 0.6 is 0 Å². The average Bonchev–Trinajstić information content (AvgIpc) is 2.42. The van der Waals surface area contributed by atoms with Crippen molar-refractivity contribution in [2.45, 2.75) is 46.6 Å². The van der Waals surface area contributed by atoms with Gasteiger partial charge in [-0.05, 0) is 34.6 Å². The number of rotatable bonds is 7. The maximum Gasteiger partial charge on any atom is 0.410 e. The second-order valence-electron chi connectivity index (χ2n) is 4.83. The van der Waals surface area contributed by atoms with Crippen molar-refractivity contribution >= 4 is 18.0 Å². The van der Waals surface area contributed by atoms with Gasteiger partial charge in [0.2, 0.25) is 0 Å². The maximum absolute atomic E-state index is 12.3. The molecule has 21 heavy (non-hydrogen) atoms. The van der Waals surface area contributed by atoms with Crippen molar-refractivity contribution in [3.05, 3.63) is 0 Å².